The normalized spacial score (nSPS) is 18.5. The van der Waals surface area contributed by atoms with Crippen molar-refractivity contribution >= 4 is 11.6 Å². The lowest BCUT2D eigenvalue weighted by molar-refractivity contribution is -0.124. The van der Waals surface area contributed by atoms with Crippen LogP contribution in [0.5, 0.6) is 0 Å². The molecule has 4 heteroatoms. The summed E-state index contributed by atoms with van der Waals surface area (Å²) < 4.78 is 0. The Morgan fingerprint density at radius 1 is 1.00 bits per heavy atom. The molecule has 172 valence electrons. The highest BCUT2D eigenvalue weighted by molar-refractivity contribution is 6.06. The van der Waals surface area contributed by atoms with Crippen LogP contribution in [0.4, 0.5) is 0 Å². The first-order chi connectivity index (χ1) is 16.6. The minimum atomic E-state index is -0.291. The summed E-state index contributed by atoms with van der Waals surface area (Å²) in [5.41, 5.74) is 5.91. The van der Waals surface area contributed by atoms with Crippen LogP contribution in [-0.2, 0) is 11.2 Å². The number of nitrogens with one attached hydrogen (secondary N) is 1. The summed E-state index contributed by atoms with van der Waals surface area (Å²) >= 11 is 0. The Balaban J connectivity index is 1.74. The second kappa shape index (κ2) is 10.9. The Morgan fingerprint density at radius 3 is 2.41 bits per heavy atom. The van der Waals surface area contributed by atoms with E-state index in [1.165, 1.54) is 5.56 Å². The van der Waals surface area contributed by atoms with Crippen LogP contribution in [0.1, 0.15) is 55.7 Å². The van der Waals surface area contributed by atoms with Gasteiger partial charge in [-0.3, -0.25) is 9.79 Å². The molecule has 1 aliphatic rings. The molecule has 0 bridgehead atoms. The molecule has 3 aromatic carbocycles. The number of hydrogen-bond donors (Lipinski definition) is 1. The first-order valence-electron chi connectivity index (χ1n) is 12.1. The highest BCUT2D eigenvalue weighted by Crippen LogP contribution is 2.35. The molecule has 0 aromatic heterocycles. The largest absolute Gasteiger partial charge is 0.334 e. The molecular formula is C30H31N3O. The van der Waals surface area contributed by atoms with E-state index < -0.39 is 0 Å². The quantitative estimate of drug-likeness (QED) is 0.440. The summed E-state index contributed by atoms with van der Waals surface area (Å²) in [6.45, 7) is 4.11. The van der Waals surface area contributed by atoms with E-state index in [9.17, 15) is 10.1 Å². The van der Waals surface area contributed by atoms with E-state index in [2.05, 4.69) is 54.7 Å². The highest BCUT2D eigenvalue weighted by atomic mass is 16.2. The third kappa shape index (κ3) is 5.26. The van der Waals surface area contributed by atoms with Gasteiger partial charge in [-0.2, -0.15) is 5.26 Å². The lowest BCUT2D eigenvalue weighted by atomic mass is 9.76. The Labute approximate surface area is 202 Å². The Morgan fingerprint density at radius 2 is 1.71 bits per heavy atom. The number of nitrogens with zero attached hydrogens (tertiary/aromatic N) is 2. The van der Waals surface area contributed by atoms with Crippen molar-refractivity contribution in [1.82, 2.24) is 5.32 Å². The van der Waals surface area contributed by atoms with E-state index in [4.69, 9.17) is 4.99 Å². The predicted octanol–water partition coefficient (Wildman–Crippen LogP) is 6.27. The number of benzene rings is 3. The standard InChI is InChI=1S/C30H31N3O/c1-3-4-14-28-29(30(34)33-21(2)32-28)27(19-22-10-6-5-7-11-22)24-17-15-23(16-18-24)26-13-9-8-12-25(26)20-31/h5-13,15-18,21,27,29H,3-4,14,19H2,1-2H3,(H,33,34)/t21?,27-,29?/m0/s1. The van der Waals surface area contributed by atoms with E-state index >= 15 is 0 Å². The number of rotatable bonds is 8. The molecule has 1 N–H and O–H groups in total. The first kappa shape index (κ1) is 23.4. The Kier molecular flexibility index (Phi) is 7.54. The van der Waals surface area contributed by atoms with Crippen LogP contribution in [-0.4, -0.2) is 17.8 Å². The number of aliphatic imine (C=N–C) groups is 1. The van der Waals surface area contributed by atoms with E-state index in [0.29, 0.717) is 5.56 Å². The zero-order valence-electron chi connectivity index (χ0n) is 19.9. The lowest BCUT2D eigenvalue weighted by Gasteiger charge is -2.33. The lowest BCUT2D eigenvalue weighted by Crippen LogP contribution is -2.47. The fourth-order valence-corrected chi connectivity index (χ4v) is 4.84. The van der Waals surface area contributed by atoms with Crippen molar-refractivity contribution < 1.29 is 4.79 Å². The molecule has 3 aromatic rings. The number of carbonyl (C=O) groups is 1. The second-order valence-corrected chi connectivity index (χ2v) is 8.96. The van der Waals surface area contributed by atoms with Crippen molar-refractivity contribution in [3.8, 4) is 17.2 Å². The fourth-order valence-electron chi connectivity index (χ4n) is 4.84. The van der Waals surface area contributed by atoms with E-state index in [0.717, 1.165) is 48.1 Å². The molecule has 0 radical (unpaired) electrons. The van der Waals surface area contributed by atoms with Gasteiger partial charge in [0.05, 0.1) is 17.6 Å². The molecule has 3 atom stereocenters. The summed E-state index contributed by atoms with van der Waals surface area (Å²) in [5, 5.41) is 12.6. The van der Waals surface area contributed by atoms with Gasteiger partial charge in [0.2, 0.25) is 5.91 Å². The topological polar surface area (TPSA) is 65.2 Å². The number of carbonyl (C=O) groups excluding carboxylic acids is 1. The third-order valence-electron chi connectivity index (χ3n) is 6.54. The van der Waals surface area contributed by atoms with Crippen LogP contribution < -0.4 is 5.32 Å². The van der Waals surface area contributed by atoms with Gasteiger partial charge in [0.25, 0.3) is 0 Å². The third-order valence-corrected chi connectivity index (χ3v) is 6.54. The molecule has 34 heavy (non-hydrogen) atoms. The summed E-state index contributed by atoms with van der Waals surface area (Å²) in [6, 6.07) is 28.6. The second-order valence-electron chi connectivity index (χ2n) is 8.96. The van der Waals surface area contributed by atoms with Gasteiger partial charge in [0.1, 0.15) is 6.17 Å². The highest BCUT2D eigenvalue weighted by Gasteiger charge is 2.37. The van der Waals surface area contributed by atoms with Gasteiger partial charge in [-0.1, -0.05) is 86.1 Å². The maximum atomic E-state index is 13.3. The summed E-state index contributed by atoms with van der Waals surface area (Å²) in [6.07, 6.45) is 3.51. The minimum Gasteiger partial charge on any atom is -0.334 e. The van der Waals surface area contributed by atoms with Crippen molar-refractivity contribution in [3.63, 3.8) is 0 Å². The number of nitriles is 1. The maximum Gasteiger partial charge on any atom is 0.231 e. The van der Waals surface area contributed by atoms with E-state index in [1.807, 2.05) is 49.4 Å². The SMILES string of the molecule is CCCCC1=NC(C)NC(=O)C1[C@@H](Cc1ccccc1)c1ccc(-c2ccccc2C#N)cc1. The monoisotopic (exact) mass is 449 g/mol. The average Bonchev–Trinajstić information content (AvgIpc) is 2.87. The van der Waals surface area contributed by atoms with Crippen molar-refractivity contribution in [2.75, 3.05) is 0 Å². The maximum absolute atomic E-state index is 13.3. The molecule has 0 saturated heterocycles. The predicted molar refractivity (Wildman–Crippen MR) is 138 cm³/mol. The summed E-state index contributed by atoms with van der Waals surface area (Å²) in [5.74, 6) is -0.251. The summed E-state index contributed by atoms with van der Waals surface area (Å²) in [7, 11) is 0. The molecule has 0 fully saturated rings. The van der Waals surface area contributed by atoms with Crippen molar-refractivity contribution in [2.45, 2.75) is 51.6 Å². The van der Waals surface area contributed by atoms with Gasteiger partial charge >= 0.3 is 0 Å². The van der Waals surface area contributed by atoms with Crippen LogP contribution in [0, 0.1) is 17.2 Å². The van der Waals surface area contributed by atoms with Gasteiger partial charge in [-0.25, -0.2) is 0 Å². The molecule has 4 rings (SSSR count). The number of hydrogen-bond acceptors (Lipinski definition) is 3. The van der Waals surface area contributed by atoms with Crippen molar-refractivity contribution in [2.24, 2.45) is 10.9 Å². The molecule has 2 unspecified atom stereocenters. The van der Waals surface area contributed by atoms with Gasteiger partial charge < -0.3 is 5.32 Å². The van der Waals surface area contributed by atoms with Gasteiger partial charge in [-0.15, -0.1) is 0 Å². The Hall–Kier alpha value is -3.71. The van der Waals surface area contributed by atoms with Crippen LogP contribution in [0.3, 0.4) is 0 Å². The van der Waals surface area contributed by atoms with Crippen LogP contribution >= 0.6 is 0 Å². The fraction of sp³-hybridized carbons (Fsp3) is 0.300. The molecular weight excluding hydrogens is 418 g/mol. The summed E-state index contributed by atoms with van der Waals surface area (Å²) in [4.78, 5) is 18.2. The molecule has 0 aliphatic carbocycles. The molecule has 0 spiro atoms. The molecule has 1 heterocycles. The Bertz CT molecular complexity index is 1190. The zero-order chi connectivity index (χ0) is 23.9. The number of unbranched alkanes of at least 4 members (excludes halogenated alkanes) is 1. The first-order valence-corrected chi connectivity index (χ1v) is 12.1. The van der Waals surface area contributed by atoms with Crippen LogP contribution in [0.15, 0.2) is 83.9 Å². The van der Waals surface area contributed by atoms with Gasteiger partial charge in [0.15, 0.2) is 0 Å². The molecule has 1 aliphatic heterocycles. The molecule has 0 saturated carbocycles. The van der Waals surface area contributed by atoms with E-state index in [-0.39, 0.29) is 23.9 Å². The van der Waals surface area contributed by atoms with E-state index in [1.54, 1.807) is 0 Å². The van der Waals surface area contributed by atoms with Gasteiger partial charge in [0, 0.05) is 11.6 Å². The number of amides is 1. The average molecular weight is 450 g/mol. The minimum absolute atomic E-state index is 0.0224. The molecule has 4 nitrogen and oxygen atoms in total. The van der Waals surface area contributed by atoms with Crippen molar-refractivity contribution in [3.05, 3.63) is 95.6 Å². The van der Waals surface area contributed by atoms with Crippen LogP contribution in [0.2, 0.25) is 0 Å². The molecule has 1 amide bonds. The van der Waals surface area contributed by atoms with Gasteiger partial charge in [-0.05, 0) is 54.5 Å². The zero-order valence-corrected chi connectivity index (χ0v) is 19.9. The van der Waals surface area contributed by atoms with Crippen molar-refractivity contribution in [1.29, 1.82) is 5.26 Å². The van der Waals surface area contributed by atoms with Crippen LogP contribution in [0.25, 0.3) is 11.1 Å². The smallest absolute Gasteiger partial charge is 0.231 e.